The van der Waals surface area contributed by atoms with E-state index in [1.165, 1.54) is 0 Å². The average molecular weight is 461 g/mol. The number of halogens is 1. The number of nitrogens with one attached hydrogen (secondary N) is 1. The van der Waals surface area contributed by atoms with E-state index in [0.29, 0.717) is 12.4 Å². The summed E-state index contributed by atoms with van der Waals surface area (Å²) in [6.07, 6.45) is 1.72. The van der Waals surface area contributed by atoms with Crippen molar-refractivity contribution in [3.63, 3.8) is 0 Å². The van der Waals surface area contributed by atoms with Crippen LogP contribution in [0.3, 0.4) is 0 Å². The number of thiazole rings is 1. The molecule has 2 aromatic heterocycles. The first-order valence-electron chi connectivity index (χ1n) is 7.52. The zero-order chi connectivity index (χ0) is 16.7. The quantitative estimate of drug-likeness (QED) is 0.407. The van der Waals surface area contributed by atoms with Crippen molar-refractivity contribution in [1.29, 1.82) is 0 Å². The number of hydrogen-bond donors (Lipinski definition) is 1. The Labute approximate surface area is 164 Å². The van der Waals surface area contributed by atoms with E-state index in [9.17, 15) is 0 Å². The Balaban J connectivity index is 0.00000288. The standard InChI is InChI=1S/C16H23N5OS.HI/c1-5-17-16(21(3)10-14-11-23-12(2)20-14)19-9-13-7-6-8-18-15(13)22-4;/h6-8,11H,5,9-10H2,1-4H3,(H,17,19);1H. The van der Waals surface area contributed by atoms with Gasteiger partial charge in [0.1, 0.15) is 0 Å². The van der Waals surface area contributed by atoms with E-state index in [1.54, 1.807) is 24.6 Å². The van der Waals surface area contributed by atoms with E-state index in [1.807, 2.05) is 26.1 Å². The summed E-state index contributed by atoms with van der Waals surface area (Å²) in [5.41, 5.74) is 2.02. The molecule has 0 amide bonds. The maximum absolute atomic E-state index is 5.27. The third-order valence-electron chi connectivity index (χ3n) is 3.20. The van der Waals surface area contributed by atoms with Gasteiger partial charge in [0.15, 0.2) is 5.96 Å². The van der Waals surface area contributed by atoms with Crippen LogP contribution in [-0.2, 0) is 13.1 Å². The van der Waals surface area contributed by atoms with Crippen LogP contribution < -0.4 is 10.1 Å². The molecule has 0 radical (unpaired) electrons. The minimum atomic E-state index is 0. The Morgan fingerprint density at radius 3 is 2.88 bits per heavy atom. The fourth-order valence-corrected chi connectivity index (χ4v) is 2.76. The number of nitrogens with zero attached hydrogens (tertiary/aromatic N) is 4. The highest BCUT2D eigenvalue weighted by Gasteiger charge is 2.09. The van der Waals surface area contributed by atoms with Gasteiger partial charge in [-0.1, -0.05) is 6.07 Å². The zero-order valence-electron chi connectivity index (χ0n) is 14.4. The first kappa shape index (κ1) is 20.6. The summed E-state index contributed by atoms with van der Waals surface area (Å²) >= 11 is 1.66. The Bertz CT molecular complexity index is 661. The zero-order valence-corrected chi connectivity index (χ0v) is 17.6. The smallest absolute Gasteiger partial charge is 0.218 e. The molecular weight excluding hydrogens is 437 g/mol. The van der Waals surface area contributed by atoms with Crippen LogP contribution in [0.1, 0.15) is 23.2 Å². The molecule has 0 aromatic carbocycles. The highest BCUT2D eigenvalue weighted by atomic mass is 127. The van der Waals surface area contributed by atoms with E-state index in [2.05, 4.69) is 37.5 Å². The fourth-order valence-electron chi connectivity index (χ4n) is 2.16. The van der Waals surface area contributed by atoms with Crippen molar-refractivity contribution < 1.29 is 4.74 Å². The average Bonchev–Trinajstić information content (AvgIpc) is 2.96. The molecule has 0 bridgehead atoms. The lowest BCUT2D eigenvalue weighted by atomic mass is 10.3. The number of methoxy groups -OCH3 is 1. The van der Waals surface area contributed by atoms with Crippen molar-refractivity contribution >= 4 is 41.3 Å². The molecule has 6 nitrogen and oxygen atoms in total. The predicted molar refractivity (Wildman–Crippen MR) is 109 cm³/mol. The van der Waals surface area contributed by atoms with Crippen molar-refractivity contribution in [2.75, 3.05) is 20.7 Å². The second-order valence-electron chi connectivity index (χ2n) is 5.06. The molecule has 0 aliphatic heterocycles. The van der Waals surface area contributed by atoms with E-state index < -0.39 is 0 Å². The molecular formula is C16H24IN5OS. The van der Waals surface area contributed by atoms with Crippen molar-refractivity contribution in [3.05, 3.63) is 40.0 Å². The van der Waals surface area contributed by atoms with Crippen LogP contribution in [0.5, 0.6) is 5.88 Å². The number of hydrogen-bond acceptors (Lipinski definition) is 5. The largest absolute Gasteiger partial charge is 0.481 e. The van der Waals surface area contributed by atoms with Crippen LogP contribution in [0.2, 0.25) is 0 Å². The fraction of sp³-hybridized carbons (Fsp3) is 0.438. The second-order valence-corrected chi connectivity index (χ2v) is 6.12. The molecule has 0 spiro atoms. The molecule has 24 heavy (non-hydrogen) atoms. The van der Waals surface area contributed by atoms with Gasteiger partial charge in [0, 0.05) is 30.7 Å². The van der Waals surface area contributed by atoms with Crippen LogP contribution in [0.15, 0.2) is 28.7 Å². The van der Waals surface area contributed by atoms with Gasteiger partial charge < -0.3 is 15.0 Å². The molecule has 0 saturated heterocycles. The molecule has 0 aliphatic rings. The molecule has 2 aromatic rings. The minimum absolute atomic E-state index is 0. The molecule has 8 heteroatoms. The summed E-state index contributed by atoms with van der Waals surface area (Å²) in [7, 11) is 3.63. The topological polar surface area (TPSA) is 62.6 Å². The van der Waals surface area contributed by atoms with Crippen LogP contribution in [0.25, 0.3) is 0 Å². The van der Waals surface area contributed by atoms with Gasteiger partial charge in [-0.15, -0.1) is 35.3 Å². The highest BCUT2D eigenvalue weighted by molar-refractivity contribution is 14.0. The van der Waals surface area contributed by atoms with Crippen LogP contribution in [0.4, 0.5) is 0 Å². The van der Waals surface area contributed by atoms with E-state index in [0.717, 1.165) is 35.3 Å². The molecule has 0 aliphatic carbocycles. The number of guanidine groups is 1. The van der Waals surface area contributed by atoms with Crippen molar-refractivity contribution in [1.82, 2.24) is 20.2 Å². The van der Waals surface area contributed by atoms with E-state index in [-0.39, 0.29) is 24.0 Å². The SMILES string of the molecule is CCNC(=NCc1cccnc1OC)N(C)Cc1csc(C)n1.I. The summed E-state index contributed by atoms with van der Waals surface area (Å²) < 4.78 is 5.27. The summed E-state index contributed by atoms with van der Waals surface area (Å²) in [6.45, 7) is 6.12. The number of rotatable bonds is 6. The molecule has 0 saturated carbocycles. The highest BCUT2D eigenvalue weighted by Crippen LogP contribution is 2.15. The van der Waals surface area contributed by atoms with Gasteiger partial charge in [0.05, 0.1) is 30.9 Å². The summed E-state index contributed by atoms with van der Waals surface area (Å²) in [5.74, 6) is 1.45. The van der Waals surface area contributed by atoms with Gasteiger partial charge >= 0.3 is 0 Å². The first-order chi connectivity index (χ1) is 11.1. The maximum atomic E-state index is 5.27. The Morgan fingerprint density at radius 2 is 2.25 bits per heavy atom. The maximum Gasteiger partial charge on any atom is 0.218 e. The summed E-state index contributed by atoms with van der Waals surface area (Å²) in [5, 5.41) is 6.47. The third-order valence-corrected chi connectivity index (χ3v) is 4.03. The number of aryl methyl sites for hydroxylation is 1. The van der Waals surface area contributed by atoms with Crippen LogP contribution in [0, 0.1) is 6.92 Å². The Hall–Kier alpha value is -1.42. The molecule has 1 N–H and O–H groups in total. The Kier molecular flexibility index (Phi) is 8.98. The van der Waals surface area contributed by atoms with Crippen molar-refractivity contribution in [2.24, 2.45) is 4.99 Å². The minimum Gasteiger partial charge on any atom is -0.481 e. The molecule has 2 rings (SSSR count). The monoisotopic (exact) mass is 461 g/mol. The molecule has 0 atom stereocenters. The number of ether oxygens (including phenoxy) is 1. The van der Waals surface area contributed by atoms with Gasteiger partial charge in [-0.2, -0.15) is 0 Å². The van der Waals surface area contributed by atoms with Crippen LogP contribution in [-0.4, -0.2) is 41.5 Å². The van der Waals surface area contributed by atoms with Crippen LogP contribution >= 0.6 is 35.3 Å². The van der Waals surface area contributed by atoms with E-state index >= 15 is 0 Å². The molecule has 0 fully saturated rings. The number of aromatic nitrogens is 2. The van der Waals surface area contributed by atoms with Gasteiger partial charge in [-0.25, -0.2) is 15.0 Å². The van der Waals surface area contributed by atoms with Gasteiger partial charge in [0.25, 0.3) is 0 Å². The molecule has 132 valence electrons. The van der Waals surface area contributed by atoms with Crippen molar-refractivity contribution in [2.45, 2.75) is 26.9 Å². The lowest BCUT2D eigenvalue weighted by molar-refractivity contribution is 0.392. The van der Waals surface area contributed by atoms with Gasteiger partial charge in [-0.05, 0) is 19.9 Å². The van der Waals surface area contributed by atoms with Gasteiger partial charge in [-0.3, -0.25) is 0 Å². The number of aliphatic imine (C=N–C) groups is 1. The Morgan fingerprint density at radius 1 is 1.46 bits per heavy atom. The normalized spacial score (nSPS) is 10.9. The lowest BCUT2D eigenvalue weighted by Crippen LogP contribution is -2.38. The lowest BCUT2D eigenvalue weighted by Gasteiger charge is -2.21. The van der Waals surface area contributed by atoms with Crippen molar-refractivity contribution in [3.8, 4) is 5.88 Å². The summed E-state index contributed by atoms with van der Waals surface area (Å²) in [6, 6.07) is 3.87. The first-order valence-corrected chi connectivity index (χ1v) is 8.40. The summed E-state index contributed by atoms with van der Waals surface area (Å²) in [4.78, 5) is 15.5. The number of pyridine rings is 1. The predicted octanol–water partition coefficient (Wildman–Crippen LogP) is 3.07. The second kappa shape index (κ2) is 10.4. The molecule has 0 unspecified atom stereocenters. The van der Waals surface area contributed by atoms with Gasteiger partial charge in [0.2, 0.25) is 5.88 Å². The molecule has 2 heterocycles. The van der Waals surface area contributed by atoms with E-state index in [4.69, 9.17) is 4.74 Å². The third kappa shape index (κ3) is 5.90.